The predicted octanol–water partition coefficient (Wildman–Crippen LogP) is 5.08. The maximum absolute atomic E-state index is 12.5. The number of nitrogens with one attached hydrogen (secondary N) is 1. The van der Waals surface area contributed by atoms with Crippen molar-refractivity contribution in [1.29, 1.82) is 0 Å². The molecule has 0 aliphatic heterocycles. The van der Waals surface area contributed by atoms with Crippen molar-refractivity contribution in [2.45, 2.75) is 19.1 Å². The van der Waals surface area contributed by atoms with Crippen molar-refractivity contribution < 1.29 is 40.6 Å². The van der Waals surface area contributed by atoms with E-state index >= 15 is 0 Å². The second-order valence-electron chi connectivity index (χ2n) is 5.76. The highest BCUT2D eigenvalue weighted by Gasteiger charge is 2.32. The predicted molar refractivity (Wildman–Crippen MR) is 112 cm³/mol. The van der Waals surface area contributed by atoms with E-state index in [0.29, 0.717) is 5.56 Å². The second-order valence-corrected chi connectivity index (χ2v) is 5.76. The number of halogens is 7. The number of alkyl halides is 6. The molecule has 0 saturated heterocycles. The smallest absolute Gasteiger partial charge is 0.493 e. The Morgan fingerprint density at radius 1 is 1.00 bits per heavy atom. The molecular formula is C18H18F6IN3O3. The molecule has 0 spiro atoms. The summed E-state index contributed by atoms with van der Waals surface area (Å²) in [6.07, 6.45) is -9.38. The van der Waals surface area contributed by atoms with Crippen LogP contribution in [0.1, 0.15) is 5.56 Å². The molecule has 0 atom stereocenters. The van der Waals surface area contributed by atoms with E-state index in [2.05, 4.69) is 19.8 Å². The Bertz CT molecular complexity index is 891. The molecule has 3 N–H and O–H groups in total. The van der Waals surface area contributed by atoms with E-state index < -0.39 is 24.9 Å². The number of hydrogen-bond acceptors (Lipinski definition) is 4. The molecule has 0 unspecified atom stereocenters. The maximum atomic E-state index is 12.5. The van der Waals surface area contributed by atoms with E-state index in [9.17, 15) is 26.3 Å². The summed E-state index contributed by atoms with van der Waals surface area (Å²) in [6.45, 7) is -1.51. The fraction of sp³-hybridized carbons (Fsp3) is 0.278. The van der Waals surface area contributed by atoms with Crippen molar-refractivity contribution in [2.24, 2.45) is 10.7 Å². The number of rotatable bonds is 7. The number of aliphatic imine (C=N–C) groups is 1. The summed E-state index contributed by atoms with van der Waals surface area (Å²) in [7, 11) is 1.26. The molecule has 0 fully saturated rings. The molecule has 0 bridgehead atoms. The first-order valence-electron chi connectivity index (χ1n) is 8.25. The third kappa shape index (κ3) is 9.40. The van der Waals surface area contributed by atoms with Gasteiger partial charge in [-0.25, -0.2) is 4.99 Å². The Hall–Kier alpha value is -2.58. The summed E-state index contributed by atoms with van der Waals surface area (Å²) in [5.41, 5.74) is 6.16. The van der Waals surface area contributed by atoms with Crippen LogP contribution in [-0.4, -0.2) is 32.2 Å². The number of anilines is 1. The molecule has 6 nitrogen and oxygen atoms in total. The van der Waals surface area contributed by atoms with E-state index in [0.717, 1.165) is 6.07 Å². The number of nitrogens with zero attached hydrogens (tertiary/aromatic N) is 1. The van der Waals surface area contributed by atoms with Gasteiger partial charge in [-0.05, 0) is 29.8 Å². The number of para-hydroxylation sites is 2. The van der Waals surface area contributed by atoms with Crippen LogP contribution >= 0.6 is 24.0 Å². The Labute approximate surface area is 190 Å². The minimum Gasteiger partial charge on any atom is -0.493 e. The van der Waals surface area contributed by atoms with Crippen LogP contribution < -0.4 is 25.3 Å². The van der Waals surface area contributed by atoms with Crippen molar-refractivity contribution in [3.63, 3.8) is 0 Å². The largest absolute Gasteiger partial charge is 0.573 e. The van der Waals surface area contributed by atoms with Gasteiger partial charge in [0.2, 0.25) is 0 Å². The van der Waals surface area contributed by atoms with Crippen LogP contribution in [0.15, 0.2) is 47.5 Å². The normalized spacial score (nSPS) is 12.0. The van der Waals surface area contributed by atoms with E-state index in [-0.39, 0.29) is 53.7 Å². The molecular weight excluding hydrogens is 547 g/mol. The summed E-state index contributed by atoms with van der Waals surface area (Å²) in [5.74, 6) is -0.741. The average Bonchev–Trinajstić information content (AvgIpc) is 2.64. The molecule has 0 aromatic heterocycles. The van der Waals surface area contributed by atoms with Gasteiger partial charge >= 0.3 is 12.5 Å². The monoisotopic (exact) mass is 565 g/mol. The fourth-order valence-electron chi connectivity index (χ4n) is 2.23. The zero-order valence-electron chi connectivity index (χ0n) is 15.9. The molecule has 2 aromatic carbocycles. The summed E-state index contributed by atoms with van der Waals surface area (Å²) in [6, 6.07) is 9.39. The van der Waals surface area contributed by atoms with Gasteiger partial charge in [0.25, 0.3) is 0 Å². The summed E-state index contributed by atoms with van der Waals surface area (Å²) in [4.78, 5) is 3.99. The fourth-order valence-corrected chi connectivity index (χ4v) is 2.23. The van der Waals surface area contributed by atoms with E-state index in [1.807, 2.05) is 0 Å². The number of benzene rings is 2. The summed E-state index contributed by atoms with van der Waals surface area (Å²) >= 11 is 0. The molecule has 0 heterocycles. The number of methoxy groups -OCH3 is 1. The van der Waals surface area contributed by atoms with E-state index in [1.165, 1.54) is 43.5 Å². The first kappa shape index (κ1) is 26.5. The van der Waals surface area contributed by atoms with Gasteiger partial charge < -0.3 is 25.3 Å². The highest BCUT2D eigenvalue weighted by Crippen LogP contribution is 2.31. The summed E-state index contributed by atoms with van der Waals surface area (Å²) in [5, 5.41) is 2.50. The lowest BCUT2D eigenvalue weighted by molar-refractivity contribution is -0.274. The first-order valence-corrected chi connectivity index (χ1v) is 8.25. The van der Waals surface area contributed by atoms with Crippen LogP contribution in [0.25, 0.3) is 0 Å². The highest BCUT2D eigenvalue weighted by molar-refractivity contribution is 14.0. The molecule has 0 aliphatic rings. The van der Waals surface area contributed by atoms with Gasteiger partial charge in [0.05, 0.1) is 19.3 Å². The first-order chi connectivity index (χ1) is 14.0. The Balaban J connectivity index is 0.00000480. The minimum absolute atomic E-state index is 0. The van der Waals surface area contributed by atoms with E-state index in [1.54, 1.807) is 0 Å². The van der Waals surface area contributed by atoms with Crippen LogP contribution in [0.2, 0.25) is 0 Å². The molecule has 0 radical (unpaired) electrons. The zero-order chi connectivity index (χ0) is 22.4. The van der Waals surface area contributed by atoms with Crippen LogP contribution in [0.3, 0.4) is 0 Å². The van der Waals surface area contributed by atoms with Gasteiger partial charge in [0, 0.05) is 0 Å². The SMILES string of the molecule is COc1cc(CN=C(N)Nc2ccccc2OC(F)(F)F)ccc1OCC(F)(F)F.I. The van der Waals surface area contributed by atoms with Crippen molar-refractivity contribution >= 4 is 35.6 Å². The second kappa shape index (κ2) is 11.2. The van der Waals surface area contributed by atoms with Crippen LogP contribution in [0, 0.1) is 0 Å². The third-order valence-corrected chi connectivity index (χ3v) is 3.43. The van der Waals surface area contributed by atoms with Crippen molar-refractivity contribution in [3.8, 4) is 17.2 Å². The zero-order valence-corrected chi connectivity index (χ0v) is 18.2. The quantitative estimate of drug-likeness (QED) is 0.212. The van der Waals surface area contributed by atoms with Crippen molar-refractivity contribution in [2.75, 3.05) is 19.0 Å². The lowest BCUT2D eigenvalue weighted by Gasteiger charge is -2.14. The maximum Gasteiger partial charge on any atom is 0.573 e. The Morgan fingerprint density at radius 3 is 2.29 bits per heavy atom. The van der Waals surface area contributed by atoms with E-state index in [4.69, 9.17) is 10.5 Å². The molecule has 2 rings (SSSR count). The van der Waals surface area contributed by atoms with Gasteiger partial charge in [-0.15, -0.1) is 37.1 Å². The number of hydrogen-bond donors (Lipinski definition) is 2. The average molecular weight is 565 g/mol. The molecule has 13 heteroatoms. The topological polar surface area (TPSA) is 78.1 Å². The highest BCUT2D eigenvalue weighted by atomic mass is 127. The van der Waals surface area contributed by atoms with Gasteiger partial charge in [-0.3, -0.25) is 0 Å². The minimum atomic E-state index is -4.88. The van der Waals surface area contributed by atoms with Crippen molar-refractivity contribution in [3.05, 3.63) is 48.0 Å². The number of ether oxygens (including phenoxy) is 3. The summed E-state index contributed by atoms with van der Waals surface area (Å²) < 4.78 is 87.8. The third-order valence-electron chi connectivity index (χ3n) is 3.43. The van der Waals surface area contributed by atoms with Gasteiger partial charge in [0.15, 0.2) is 29.8 Å². The van der Waals surface area contributed by atoms with Gasteiger partial charge in [0.1, 0.15) is 0 Å². The van der Waals surface area contributed by atoms with Crippen LogP contribution in [-0.2, 0) is 6.54 Å². The van der Waals surface area contributed by atoms with Crippen LogP contribution in [0.5, 0.6) is 17.2 Å². The molecule has 172 valence electrons. The number of nitrogens with two attached hydrogens (primary N) is 1. The van der Waals surface area contributed by atoms with Crippen molar-refractivity contribution in [1.82, 2.24) is 0 Å². The molecule has 2 aromatic rings. The van der Waals surface area contributed by atoms with Gasteiger partial charge in [-0.1, -0.05) is 18.2 Å². The Morgan fingerprint density at radius 2 is 1.68 bits per heavy atom. The van der Waals surface area contributed by atoms with Crippen LogP contribution in [0.4, 0.5) is 32.0 Å². The lowest BCUT2D eigenvalue weighted by atomic mass is 10.2. The molecule has 0 saturated carbocycles. The standard InChI is InChI=1S/C18H17F6N3O3.HI/c1-28-15-8-11(6-7-14(15)29-10-17(19,20)21)9-26-16(25)27-12-4-2-3-5-13(12)30-18(22,23)24;/h2-8H,9-10H2,1H3,(H3,25,26,27);1H. The molecule has 0 aliphatic carbocycles. The number of guanidine groups is 1. The lowest BCUT2D eigenvalue weighted by Crippen LogP contribution is -2.24. The van der Waals surface area contributed by atoms with Gasteiger partial charge in [-0.2, -0.15) is 13.2 Å². The molecule has 31 heavy (non-hydrogen) atoms. The molecule has 0 amide bonds. The Kier molecular flexibility index (Phi) is 9.52.